The van der Waals surface area contributed by atoms with Crippen LogP contribution in [0, 0.1) is 10.1 Å². The number of hydrogen-bond acceptors (Lipinski definition) is 5. The molecule has 0 aliphatic heterocycles. The minimum absolute atomic E-state index is 0.0157. The quantitative estimate of drug-likeness (QED) is 0.446. The lowest BCUT2D eigenvalue weighted by Gasteiger charge is -2.30. The molecule has 0 aromatic heterocycles. The van der Waals surface area contributed by atoms with Gasteiger partial charge in [0.05, 0.1) is 10.6 Å². The highest BCUT2D eigenvalue weighted by atomic mass is 16.6. The average molecular weight is 284 g/mol. The lowest BCUT2D eigenvalue weighted by molar-refractivity contribution is -0.384. The number of non-ortho nitro benzene ring substituents is 1. The Morgan fingerprint density at radius 2 is 2.00 bits per heavy atom. The van der Waals surface area contributed by atoms with Crippen LogP contribution in [-0.4, -0.2) is 11.5 Å². The molecule has 0 radical (unpaired) electrons. The highest BCUT2D eigenvalue weighted by molar-refractivity contribution is 5.63. The molecule has 4 N–H and O–H groups in total. The van der Waals surface area contributed by atoms with E-state index in [1.807, 2.05) is 12.1 Å². The summed E-state index contributed by atoms with van der Waals surface area (Å²) in [5.41, 5.74) is 6.41. The molecular weight excluding hydrogens is 268 g/mol. The van der Waals surface area contributed by atoms with Crippen molar-refractivity contribution in [2.75, 3.05) is 17.3 Å². The summed E-state index contributed by atoms with van der Waals surface area (Å²) in [4.78, 5) is 10.5. The van der Waals surface area contributed by atoms with Gasteiger partial charge in [-0.2, -0.15) is 0 Å². The van der Waals surface area contributed by atoms with Crippen molar-refractivity contribution in [3.8, 4) is 0 Å². The molecule has 1 atom stereocenters. The molecule has 108 valence electrons. The lowest BCUT2D eigenvalue weighted by atomic mass is 9.77. The third-order valence-electron chi connectivity index (χ3n) is 3.81. The van der Waals surface area contributed by atoms with Crippen molar-refractivity contribution in [3.63, 3.8) is 0 Å². The Labute approximate surface area is 122 Å². The van der Waals surface area contributed by atoms with Crippen LogP contribution in [-0.2, 0) is 6.42 Å². The van der Waals surface area contributed by atoms with Gasteiger partial charge in [0.2, 0.25) is 0 Å². The monoisotopic (exact) mass is 284 g/mol. The first kappa shape index (κ1) is 13.4. The highest BCUT2D eigenvalue weighted by Gasteiger charge is 2.25. The Bertz CT molecular complexity index is 687. The summed E-state index contributed by atoms with van der Waals surface area (Å²) >= 11 is 0. The fourth-order valence-electron chi connectivity index (χ4n) is 2.69. The molecule has 2 aromatic carbocycles. The van der Waals surface area contributed by atoms with E-state index >= 15 is 0 Å². The van der Waals surface area contributed by atoms with E-state index in [-0.39, 0.29) is 5.69 Å². The Kier molecular flexibility index (Phi) is 3.45. The molecule has 1 unspecified atom stereocenters. The van der Waals surface area contributed by atoms with E-state index in [0.717, 1.165) is 13.0 Å². The van der Waals surface area contributed by atoms with Crippen molar-refractivity contribution in [3.05, 3.63) is 63.7 Å². The average Bonchev–Trinajstić information content (AvgIpc) is 2.47. The predicted molar refractivity (Wildman–Crippen MR) is 82.3 cm³/mol. The van der Waals surface area contributed by atoms with Gasteiger partial charge < -0.3 is 10.7 Å². The first-order chi connectivity index (χ1) is 10.2. The third-order valence-corrected chi connectivity index (χ3v) is 3.81. The number of hydrogen-bond donors (Lipinski definition) is 3. The number of nitrogens with one attached hydrogen (secondary N) is 2. The van der Waals surface area contributed by atoms with E-state index in [0.29, 0.717) is 17.3 Å². The summed E-state index contributed by atoms with van der Waals surface area (Å²) in [5, 5.41) is 14.2. The molecule has 0 fully saturated rings. The summed E-state index contributed by atoms with van der Waals surface area (Å²) in [6.45, 7) is 0.752. The molecule has 21 heavy (non-hydrogen) atoms. The molecule has 0 spiro atoms. The molecule has 0 heterocycles. The largest absolute Gasteiger partial charge is 0.384 e. The molecule has 6 heteroatoms. The van der Waals surface area contributed by atoms with Crippen LogP contribution in [0.25, 0.3) is 0 Å². The van der Waals surface area contributed by atoms with Crippen molar-refractivity contribution in [2.45, 2.75) is 12.3 Å². The van der Waals surface area contributed by atoms with E-state index in [1.165, 1.54) is 23.3 Å². The van der Waals surface area contributed by atoms with Gasteiger partial charge >= 0.3 is 0 Å². The van der Waals surface area contributed by atoms with Crippen molar-refractivity contribution >= 4 is 17.1 Å². The fourth-order valence-corrected chi connectivity index (χ4v) is 2.69. The summed E-state index contributed by atoms with van der Waals surface area (Å²) in [7, 11) is 0. The predicted octanol–water partition coefficient (Wildman–Crippen LogP) is 2.63. The standard InChI is InChI=1S/C15H16N4O2/c16-18-13-6-12(7-14(8-13)19(20)21)17-9-11-5-10-3-1-2-4-15(10)11/h1-4,6-8,11,17-18H,5,9,16H2. The molecule has 0 bridgehead atoms. The normalized spacial score (nSPS) is 15.8. The Morgan fingerprint density at radius 1 is 1.24 bits per heavy atom. The molecule has 0 saturated heterocycles. The van der Waals surface area contributed by atoms with E-state index in [2.05, 4.69) is 22.9 Å². The van der Waals surface area contributed by atoms with E-state index < -0.39 is 4.92 Å². The van der Waals surface area contributed by atoms with Crippen LogP contribution in [0.5, 0.6) is 0 Å². The second-order valence-corrected chi connectivity index (χ2v) is 5.15. The second-order valence-electron chi connectivity index (χ2n) is 5.15. The van der Waals surface area contributed by atoms with Crippen molar-refractivity contribution in [1.82, 2.24) is 0 Å². The maximum Gasteiger partial charge on any atom is 0.273 e. The molecule has 3 rings (SSSR count). The second kappa shape index (κ2) is 5.41. The Hall–Kier alpha value is -2.60. The van der Waals surface area contributed by atoms with Crippen LogP contribution in [0.2, 0.25) is 0 Å². The fraction of sp³-hybridized carbons (Fsp3) is 0.200. The van der Waals surface area contributed by atoms with Gasteiger partial charge in [0.25, 0.3) is 5.69 Å². The highest BCUT2D eigenvalue weighted by Crippen LogP contribution is 2.35. The number of hydrazine groups is 1. The number of anilines is 2. The summed E-state index contributed by atoms with van der Waals surface area (Å²) < 4.78 is 0. The number of nitrogen functional groups attached to an aromatic ring is 1. The van der Waals surface area contributed by atoms with Gasteiger partial charge in [-0.15, -0.1) is 0 Å². The lowest BCUT2D eigenvalue weighted by Crippen LogP contribution is -2.24. The number of benzene rings is 2. The number of nitrogens with zero attached hydrogens (tertiary/aromatic N) is 1. The number of nitro benzene ring substituents is 1. The van der Waals surface area contributed by atoms with Crippen LogP contribution < -0.4 is 16.6 Å². The zero-order valence-electron chi connectivity index (χ0n) is 11.4. The van der Waals surface area contributed by atoms with Gasteiger partial charge in [-0.25, -0.2) is 0 Å². The van der Waals surface area contributed by atoms with Gasteiger partial charge in [-0.1, -0.05) is 24.3 Å². The zero-order chi connectivity index (χ0) is 14.8. The minimum Gasteiger partial charge on any atom is -0.384 e. The summed E-state index contributed by atoms with van der Waals surface area (Å²) in [5.74, 6) is 5.80. The molecule has 0 amide bonds. The van der Waals surface area contributed by atoms with Crippen molar-refractivity contribution in [2.24, 2.45) is 5.84 Å². The van der Waals surface area contributed by atoms with Crippen LogP contribution in [0.4, 0.5) is 17.1 Å². The van der Waals surface area contributed by atoms with Crippen molar-refractivity contribution in [1.29, 1.82) is 0 Å². The van der Waals surface area contributed by atoms with Gasteiger partial charge in [0, 0.05) is 30.3 Å². The minimum atomic E-state index is -0.426. The third kappa shape index (κ3) is 2.66. The zero-order valence-corrected chi connectivity index (χ0v) is 11.4. The Balaban J connectivity index is 1.71. The van der Waals surface area contributed by atoms with E-state index in [4.69, 9.17) is 5.84 Å². The smallest absolute Gasteiger partial charge is 0.273 e. The number of nitro groups is 1. The van der Waals surface area contributed by atoms with E-state index in [9.17, 15) is 10.1 Å². The van der Waals surface area contributed by atoms with Crippen LogP contribution in [0.1, 0.15) is 17.0 Å². The van der Waals surface area contributed by atoms with Gasteiger partial charge in [-0.05, 0) is 23.6 Å². The summed E-state index contributed by atoms with van der Waals surface area (Å²) in [6.07, 6.45) is 1.04. The maximum absolute atomic E-state index is 10.9. The molecular formula is C15H16N4O2. The van der Waals surface area contributed by atoms with Gasteiger partial charge in [0.1, 0.15) is 0 Å². The van der Waals surface area contributed by atoms with Crippen molar-refractivity contribution < 1.29 is 4.92 Å². The maximum atomic E-state index is 10.9. The number of fused-ring (bicyclic) bond motifs is 1. The molecule has 1 aliphatic rings. The number of nitrogens with two attached hydrogens (primary N) is 1. The van der Waals surface area contributed by atoms with Crippen LogP contribution in [0.15, 0.2) is 42.5 Å². The topological polar surface area (TPSA) is 93.2 Å². The van der Waals surface area contributed by atoms with Crippen LogP contribution >= 0.6 is 0 Å². The van der Waals surface area contributed by atoms with Gasteiger partial charge in [-0.3, -0.25) is 16.0 Å². The van der Waals surface area contributed by atoms with Gasteiger partial charge in [0.15, 0.2) is 0 Å². The first-order valence-electron chi connectivity index (χ1n) is 6.75. The van der Waals surface area contributed by atoms with E-state index in [1.54, 1.807) is 6.07 Å². The molecule has 1 aliphatic carbocycles. The molecule has 0 saturated carbocycles. The Morgan fingerprint density at radius 3 is 2.71 bits per heavy atom. The summed E-state index contributed by atoms with van der Waals surface area (Å²) in [6, 6.07) is 13.0. The SMILES string of the molecule is NNc1cc(NCC2Cc3ccccc32)cc([N+](=O)[O-])c1. The molecule has 6 nitrogen and oxygen atoms in total. The number of rotatable bonds is 5. The molecule has 2 aromatic rings. The van der Waals surface area contributed by atoms with Crippen LogP contribution in [0.3, 0.4) is 0 Å². The first-order valence-corrected chi connectivity index (χ1v) is 6.75.